The van der Waals surface area contributed by atoms with E-state index in [1.54, 1.807) is 0 Å². The fourth-order valence-electron chi connectivity index (χ4n) is 2.13. The van der Waals surface area contributed by atoms with Crippen molar-refractivity contribution in [1.29, 1.82) is 0 Å². The molecule has 1 aliphatic heterocycles. The topological polar surface area (TPSA) is 38.3 Å². The molecule has 0 saturated carbocycles. The average Bonchev–Trinajstić information content (AvgIpc) is 2.78. The van der Waals surface area contributed by atoms with Crippen LogP contribution in [-0.2, 0) is 9.53 Å². The first-order valence-electron chi connectivity index (χ1n) is 5.16. The Kier molecular flexibility index (Phi) is 4.77. The first kappa shape index (κ1) is 13.0. The lowest BCUT2D eigenvalue weighted by molar-refractivity contribution is -0.145. The first-order chi connectivity index (χ1) is 7.33. The van der Waals surface area contributed by atoms with Crippen molar-refractivity contribution in [2.75, 3.05) is 20.2 Å². The zero-order valence-electron chi connectivity index (χ0n) is 9.18. The zero-order valence-corrected chi connectivity index (χ0v) is 10.00. The molecule has 0 radical (unpaired) electrons. The maximum absolute atomic E-state index is 11.5. The third-order valence-corrected chi connectivity index (χ3v) is 2.95. The van der Waals surface area contributed by atoms with Crippen LogP contribution < -0.4 is 5.32 Å². The minimum absolute atomic E-state index is 0. The summed E-state index contributed by atoms with van der Waals surface area (Å²) in [7, 11) is 1.45. The number of carbonyl (C=O) groups is 1. The summed E-state index contributed by atoms with van der Waals surface area (Å²) in [6.07, 6.45) is 0. The van der Waals surface area contributed by atoms with Crippen LogP contribution in [-0.4, -0.2) is 26.2 Å². The molecule has 1 saturated heterocycles. The number of carbonyl (C=O) groups excluding carboxylic acids is 1. The van der Waals surface area contributed by atoms with E-state index < -0.39 is 0 Å². The van der Waals surface area contributed by atoms with Crippen LogP contribution in [0.4, 0.5) is 0 Å². The predicted molar refractivity (Wildman–Crippen MR) is 64.8 cm³/mol. The standard InChI is InChI=1S/C12H15NO2.ClH/c1-15-12(14)11-8-13-7-10(11)9-5-3-2-4-6-9;/h2-6,10-11,13H,7-8H2,1H3;1H/t10-,11+;/m1./s1. The monoisotopic (exact) mass is 241 g/mol. The third-order valence-electron chi connectivity index (χ3n) is 2.95. The van der Waals surface area contributed by atoms with Crippen LogP contribution in [0, 0.1) is 5.92 Å². The molecule has 4 heteroatoms. The number of methoxy groups -OCH3 is 1. The van der Waals surface area contributed by atoms with Crippen LogP contribution >= 0.6 is 12.4 Å². The summed E-state index contributed by atoms with van der Waals surface area (Å²) in [5, 5.41) is 3.24. The minimum Gasteiger partial charge on any atom is -0.469 e. The number of rotatable bonds is 2. The van der Waals surface area contributed by atoms with Crippen molar-refractivity contribution >= 4 is 18.4 Å². The number of esters is 1. The third kappa shape index (κ3) is 2.54. The van der Waals surface area contributed by atoms with Gasteiger partial charge in [0.05, 0.1) is 13.0 Å². The van der Waals surface area contributed by atoms with Crippen LogP contribution in [0.2, 0.25) is 0 Å². The van der Waals surface area contributed by atoms with Crippen molar-refractivity contribution in [3.63, 3.8) is 0 Å². The van der Waals surface area contributed by atoms with Crippen LogP contribution in [0.25, 0.3) is 0 Å². The Hall–Kier alpha value is -1.06. The second-order valence-electron chi connectivity index (χ2n) is 3.81. The van der Waals surface area contributed by atoms with Gasteiger partial charge < -0.3 is 10.1 Å². The highest BCUT2D eigenvalue weighted by Crippen LogP contribution is 2.28. The van der Waals surface area contributed by atoms with Gasteiger partial charge in [-0.3, -0.25) is 4.79 Å². The molecule has 0 bridgehead atoms. The smallest absolute Gasteiger partial charge is 0.310 e. The molecule has 16 heavy (non-hydrogen) atoms. The molecule has 0 amide bonds. The van der Waals surface area contributed by atoms with Crippen molar-refractivity contribution in [3.05, 3.63) is 35.9 Å². The predicted octanol–water partition coefficient (Wildman–Crippen LogP) is 1.58. The van der Waals surface area contributed by atoms with Crippen LogP contribution in [0.5, 0.6) is 0 Å². The maximum atomic E-state index is 11.5. The Morgan fingerprint density at radius 1 is 1.31 bits per heavy atom. The van der Waals surface area contributed by atoms with Gasteiger partial charge in [0.15, 0.2) is 0 Å². The van der Waals surface area contributed by atoms with Crippen molar-refractivity contribution < 1.29 is 9.53 Å². The molecular formula is C12H16ClNO2. The molecule has 88 valence electrons. The lowest BCUT2D eigenvalue weighted by atomic mass is 9.89. The van der Waals surface area contributed by atoms with E-state index in [0.717, 1.165) is 6.54 Å². The Morgan fingerprint density at radius 3 is 2.62 bits per heavy atom. The van der Waals surface area contributed by atoms with Gasteiger partial charge in [0.25, 0.3) is 0 Å². The van der Waals surface area contributed by atoms with E-state index in [1.165, 1.54) is 12.7 Å². The normalized spacial score (nSPS) is 23.6. The van der Waals surface area contributed by atoms with Crippen molar-refractivity contribution in [1.82, 2.24) is 5.32 Å². The molecular weight excluding hydrogens is 226 g/mol. The second-order valence-corrected chi connectivity index (χ2v) is 3.81. The highest BCUT2D eigenvalue weighted by Gasteiger charge is 2.34. The summed E-state index contributed by atoms with van der Waals surface area (Å²) in [4.78, 5) is 11.5. The number of halogens is 1. The number of nitrogens with one attached hydrogen (secondary N) is 1. The fourth-order valence-corrected chi connectivity index (χ4v) is 2.13. The second kappa shape index (κ2) is 5.87. The van der Waals surface area contributed by atoms with E-state index in [0.29, 0.717) is 6.54 Å². The van der Waals surface area contributed by atoms with Gasteiger partial charge in [-0.2, -0.15) is 0 Å². The van der Waals surface area contributed by atoms with E-state index in [9.17, 15) is 4.79 Å². The highest BCUT2D eigenvalue weighted by molar-refractivity contribution is 5.85. The molecule has 0 aliphatic carbocycles. The lowest BCUT2D eigenvalue weighted by Gasteiger charge is -2.16. The van der Waals surface area contributed by atoms with Crippen LogP contribution in [0.15, 0.2) is 30.3 Å². The molecule has 2 atom stereocenters. The summed E-state index contributed by atoms with van der Waals surface area (Å²) in [5.74, 6) is 0.0879. The molecule has 1 aromatic rings. The van der Waals surface area contributed by atoms with Gasteiger partial charge in [-0.15, -0.1) is 12.4 Å². The SMILES string of the molecule is COC(=O)[C@H]1CNC[C@@H]1c1ccccc1.Cl. The van der Waals surface area contributed by atoms with Crippen molar-refractivity contribution in [3.8, 4) is 0 Å². The molecule has 1 fully saturated rings. The Bertz CT molecular complexity index is 342. The number of ether oxygens (including phenoxy) is 1. The molecule has 0 spiro atoms. The number of hydrogen-bond acceptors (Lipinski definition) is 3. The molecule has 0 aromatic heterocycles. The number of benzene rings is 1. The molecule has 3 nitrogen and oxygen atoms in total. The Balaban J connectivity index is 0.00000128. The Labute approximate surface area is 102 Å². The van der Waals surface area contributed by atoms with E-state index in [2.05, 4.69) is 17.4 Å². The van der Waals surface area contributed by atoms with E-state index in [-0.39, 0.29) is 30.2 Å². The van der Waals surface area contributed by atoms with E-state index in [1.807, 2.05) is 18.2 Å². The molecule has 2 rings (SSSR count). The summed E-state index contributed by atoms with van der Waals surface area (Å²) in [6, 6.07) is 10.1. The van der Waals surface area contributed by atoms with Crippen molar-refractivity contribution in [2.24, 2.45) is 5.92 Å². The lowest BCUT2D eigenvalue weighted by Crippen LogP contribution is -2.22. The van der Waals surface area contributed by atoms with Crippen LogP contribution in [0.1, 0.15) is 11.5 Å². The quantitative estimate of drug-likeness (QED) is 0.800. The molecule has 1 aliphatic rings. The fraction of sp³-hybridized carbons (Fsp3) is 0.417. The largest absolute Gasteiger partial charge is 0.469 e. The van der Waals surface area contributed by atoms with Crippen molar-refractivity contribution in [2.45, 2.75) is 5.92 Å². The summed E-state index contributed by atoms with van der Waals surface area (Å²) in [5.41, 5.74) is 1.21. The molecule has 1 heterocycles. The van der Waals surface area contributed by atoms with Gasteiger partial charge in [0.2, 0.25) is 0 Å². The van der Waals surface area contributed by atoms with Gasteiger partial charge >= 0.3 is 5.97 Å². The van der Waals surface area contributed by atoms with E-state index in [4.69, 9.17) is 4.74 Å². The van der Waals surface area contributed by atoms with Crippen LogP contribution in [0.3, 0.4) is 0 Å². The summed E-state index contributed by atoms with van der Waals surface area (Å²) in [6.45, 7) is 1.57. The van der Waals surface area contributed by atoms with Gasteiger partial charge in [0, 0.05) is 19.0 Å². The maximum Gasteiger partial charge on any atom is 0.310 e. The van der Waals surface area contributed by atoms with Gasteiger partial charge in [0.1, 0.15) is 0 Å². The Morgan fingerprint density at radius 2 is 2.00 bits per heavy atom. The van der Waals surface area contributed by atoms with Gasteiger partial charge in [-0.1, -0.05) is 30.3 Å². The average molecular weight is 242 g/mol. The van der Waals surface area contributed by atoms with Gasteiger partial charge in [-0.25, -0.2) is 0 Å². The summed E-state index contributed by atoms with van der Waals surface area (Å²) >= 11 is 0. The highest BCUT2D eigenvalue weighted by atomic mass is 35.5. The first-order valence-corrected chi connectivity index (χ1v) is 5.16. The summed E-state index contributed by atoms with van der Waals surface area (Å²) < 4.78 is 4.81. The minimum atomic E-state index is -0.117. The zero-order chi connectivity index (χ0) is 10.7. The van der Waals surface area contributed by atoms with Gasteiger partial charge in [-0.05, 0) is 5.56 Å². The molecule has 0 unspecified atom stereocenters. The number of hydrogen-bond donors (Lipinski definition) is 1. The van der Waals surface area contributed by atoms with E-state index >= 15 is 0 Å². The molecule has 1 aromatic carbocycles. The molecule has 1 N–H and O–H groups in total.